The fourth-order valence-electron chi connectivity index (χ4n) is 2.95. The largest absolute Gasteiger partial charge is 0.361 e. The lowest BCUT2D eigenvalue weighted by molar-refractivity contribution is 0.0483. The highest BCUT2D eigenvalue weighted by molar-refractivity contribution is 4.88. The Morgan fingerprint density at radius 3 is 2.81 bits per heavy atom. The van der Waals surface area contributed by atoms with Crippen molar-refractivity contribution in [2.24, 2.45) is 0 Å². The van der Waals surface area contributed by atoms with E-state index in [1.54, 1.807) is 0 Å². The topological polar surface area (TPSA) is 24.5 Å². The van der Waals surface area contributed by atoms with E-state index in [1.807, 2.05) is 0 Å². The molecule has 2 rings (SSSR count). The summed E-state index contributed by atoms with van der Waals surface area (Å²) in [7, 11) is 0. The van der Waals surface area contributed by atoms with Gasteiger partial charge in [0.05, 0.1) is 6.61 Å². The number of hydrogen-bond donors (Lipinski definition) is 1. The van der Waals surface area contributed by atoms with E-state index in [-0.39, 0.29) is 11.8 Å². The molecular weight excluding hydrogens is 200 g/mol. The SMILES string of the molecule is CCN1CCCCC1CC1NC(C)(C)CO1. The van der Waals surface area contributed by atoms with Crippen LogP contribution in [-0.2, 0) is 4.74 Å². The molecule has 0 amide bonds. The van der Waals surface area contributed by atoms with Crippen molar-refractivity contribution in [3.63, 3.8) is 0 Å². The van der Waals surface area contributed by atoms with E-state index in [2.05, 4.69) is 31.0 Å². The van der Waals surface area contributed by atoms with Gasteiger partial charge in [0, 0.05) is 18.0 Å². The van der Waals surface area contributed by atoms with Crippen LogP contribution in [0.3, 0.4) is 0 Å². The Morgan fingerprint density at radius 1 is 1.38 bits per heavy atom. The van der Waals surface area contributed by atoms with Crippen LogP contribution in [0.25, 0.3) is 0 Å². The molecule has 0 bridgehead atoms. The highest BCUT2D eigenvalue weighted by Gasteiger charge is 2.33. The maximum atomic E-state index is 5.83. The van der Waals surface area contributed by atoms with Crippen LogP contribution >= 0.6 is 0 Å². The molecule has 0 saturated carbocycles. The molecule has 0 radical (unpaired) electrons. The molecule has 2 aliphatic rings. The van der Waals surface area contributed by atoms with Crippen molar-refractivity contribution in [3.05, 3.63) is 0 Å². The molecule has 3 heteroatoms. The lowest BCUT2D eigenvalue weighted by Crippen LogP contribution is -2.45. The summed E-state index contributed by atoms with van der Waals surface area (Å²) in [6.45, 7) is 10.00. The first-order valence-electron chi connectivity index (χ1n) is 6.74. The van der Waals surface area contributed by atoms with Crippen molar-refractivity contribution in [2.75, 3.05) is 19.7 Å². The second kappa shape index (κ2) is 5.03. The van der Waals surface area contributed by atoms with Crippen molar-refractivity contribution < 1.29 is 4.74 Å². The van der Waals surface area contributed by atoms with Crippen LogP contribution in [0.2, 0.25) is 0 Å². The standard InChI is InChI=1S/C13H26N2O/c1-4-15-8-6-5-7-11(15)9-12-14-13(2,3)10-16-12/h11-12,14H,4-10H2,1-3H3. The van der Waals surface area contributed by atoms with E-state index in [0.717, 1.165) is 19.1 Å². The summed E-state index contributed by atoms with van der Waals surface area (Å²) in [5.41, 5.74) is 0.163. The molecule has 0 aromatic heterocycles. The smallest absolute Gasteiger partial charge is 0.110 e. The third-order valence-electron chi connectivity index (χ3n) is 3.84. The van der Waals surface area contributed by atoms with Gasteiger partial charge < -0.3 is 9.64 Å². The predicted octanol–water partition coefficient (Wildman–Crippen LogP) is 1.98. The van der Waals surface area contributed by atoms with E-state index in [0.29, 0.717) is 0 Å². The minimum Gasteiger partial charge on any atom is -0.361 e. The molecule has 1 N–H and O–H groups in total. The lowest BCUT2D eigenvalue weighted by Gasteiger charge is -2.36. The van der Waals surface area contributed by atoms with Crippen LogP contribution < -0.4 is 5.32 Å². The number of rotatable bonds is 3. The monoisotopic (exact) mass is 226 g/mol. The lowest BCUT2D eigenvalue weighted by atomic mass is 9.98. The third kappa shape index (κ3) is 2.96. The first-order valence-corrected chi connectivity index (χ1v) is 6.74. The van der Waals surface area contributed by atoms with Gasteiger partial charge in [-0.1, -0.05) is 13.3 Å². The Balaban J connectivity index is 1.84. The van der Waals surface area contributed by atoms with Gasteiger partial charge in [-0.05, 0) is 39.8 Å². The average molecular weight is 226 g/mol. The molecule has 2 heterocycles. The van der Waals surface area contributed by atoms with Gasteiger partial charge in [0.2, 0.25) is 0 Å². The van der Waals surface area contributed by atoms with Gasteiger partial charge in [-0.3, -0.25) is 5.32 Å². The zero-order valence-corrected chi connectivity index (χ0v) is 11.0. The van der Waals surface area contributed by atoms with Crippen LogP contribution in [0.5, 0.6) is 0 Å². The van der Waals surface area contributed by atoms with Crippen molar-refractivity contribution in [1.29, 1.82) is 0 Å². The predicted molar refractivity (Wildman–Crippen MR) is 66.5 cm³/mol. The first kappa shape index (κ1) is 12.3. The van der Waals surface area contributed by atoms with Crippen LogP contribution in [0.15, 0.2) is 0 Å². The van der Waals surface area contributed by atoms with E-state index in [4.69, 9.17) is 4.74 Å². The second-order valence-corrected chi connectivity index (χ2v) is 5.84. The average Bonchev–Trinajstić information content (AvgIpc) is 2.59. The van der Waals surface area contributed by atoms with E-state index in [1.165, 1.54) is 32.4 Å². The molecule has 2 fully saturated rings. The molecule has 2 atom stereocenters. The molecule has 94 valence electrons. The molecule has 0 aromatic rings. The first-order chi connectivity index (χ1) is 7.61. The summed E-state index contributed by atoms with van der Waals surface area (Å²) in [6.07, 6.45) is 5.52. The number of piperidine rings is 1. The molecule has 2 saturated heterocycles. The second-order valence-electron chi connectivity index (χ2n) is 5.84. The van der Waals surface area contributed by atoms with Gasteiger partial charge in [0.15, 0.2) is 0 Å². The maximum Gasteiger partial charge on any atom is 0.110 e. The van der Waals surface area contributed by atoms with Crippen molar-refractivity contribution in [3.8, 4) is 0 Å². The number of nitrogens with zero attached hydrogens (tertiary/aromatic N) is 1. The molecule has 0 spiro atoms. The van der Waals surface area contributed by atoms with Crippen LogP contribution in [-0.4, -0.2) is 42.4 Å². The molecule has 2 unspecified atom stereocenters. The summed E-state index contributed by atoms with van der Waals surface area (Å²) in [5, 5.41) is 3.57. The Hall–Kier alpha value is -0.120. The van der Waals surface area contributed by atoms with Crippen LogP contribution in [0.1, 0.15) is 46.5 Å². The molecule has 2 aliphatic heterocycles. The Morgan fingerprint density at radius 2 is 2.19 bits per heavy atom. The van der Waals surface area contributed by atoms with Crippen LogP contribution in [0.4, 0.5) is 0 Å². The van der Waals surface area contributed by atoms with Gasteiger partial charge in [-0.2, -0.15) is 0 Å². The van der Waals surface area contributed by atoms with Crippen molar-refractivity contribution >= 4 is 0 Å². The van der Waals surface area contributed by atoms with Gasteiger partial charge in [-0.25, -0.2) is 0 Å². The molecule has 16 heavy (non-hydrogen) atoms. The zero-order valence-electron chi connectivity index (χ0n) is 11.0. The number of hydrogen-bond acceptors (Lipinski definition) is 3. The minimum atomic E-state index is 0.163. The summed E-state index contributed by atoms with van der Waals surface area (Å²) in [6, 6.07) is 0.727. The quantitative estimate of drug-likeness (QED) is 0.796. The van der Waals surface area contributed by atoms with Crippen molar-refractivity contribution in [2.45, 2.75) is 64.3 Å². The minimum absolute atomic E-state index is 0.163. The number of nitrogens with one attached hydrogen (secondary N) is 1. The highest BCUT2D eigenvalue weighted by atomic mass is 16.5. The number of ether oxygens (including phenoxy) is 1. The Kier molecular flexibility index (Phi) is 3.88. The third-order valence-corrected chi connectivity index (χ3v) is 3.84. The Labute approximate surface area is 99.5 Å². The van der Waals surface area contributed by atoms with Gasteiger partial charge in [-0.15, -0.1) is 0 Å². The number of likely N-dealkylation sites (tertiary alicyclic amines) is 1. The van der Waals surface area contributed by atoms with Gasteiger partial charge in [0.25, 0.3) is 0 Å². The van der Waals surface area contributed by atoms with E-state index in [9.17, 15) is 0 Å². The molecular formula is C13H26N2O. The Bertz CT molecular complexity index is 230. The fourth-order valence-corrected chi connectivity index (χ4v) is 2.95. The highest BCUT2D eigenvalue weighted by Crippen LogP contribution is 2.24. The van der Waals surface area contributed by atoms with Crippen LogP contribution in [0, 0.1) is 0 Å². The zero-order chi connectivity index (χ0) is 11.6. The van der Waals surface area contributed by atoms with Gasteiger partial charge in [0.1, 0.15) is 6.23 Å². The fraction of sp³-hybridized carbons (Fsp3) is 1.00. The molecule has 0 aliphatic carbocycles. The summed E-state index contributed by atoms with van der Waals surface area (Å²) in [5.74, 6) is 0. The summed E-state index contributed by atoms with van der Waals surface area (Å²) in [4.78, 5) is 2.61. The van der Waals surface area contributed by atoms with E-state index < -0.39 is 0 Å². The summed E-state index contributed by atoms with van der Waals surface area (Å²) < 4.78 is 5.83. The summed E-state index contributed by atoms with van der Waals surface area (Å²) >= 11 is 0. The maximum absolute atomic E-state index is 5.83. The molecule has 0 aromatic carbocycles. The molecule has 3 nitrogen and oxygen atoms in total. The van der Waals surface area contributed by atoms with Gasteiger partial charge >= 0.3 is 0 Å². The van der Waals surface area contributed by atoms with E-state index >= 15 is 0 Å². The van der Waals surface area contributed by atoms with Crippen molar-refractivity contribution in [1.82, 2.24) is 10.2 Å². The normalized spacial score (nSPS) is 35.4.